The van der Waals surface area contributed by atoms with Gasteiger partial charge >= 0.3 is 0 Å². The highest BCUT2D eigenvalue weighted by Crippen LogP contribution is 2.28. The van der Waals surface area contributed by atoms with Gasteiger partial charge in [-0.1, -0.05) is 12.1 Å². The van der Waals surface area contributed by atoms with Gasteiger partial charge in [0, 0.05) is 30.2 Å². The van der Waals surface area contributed by atoms with E-state index in [1.807, 2.05) is 18.2 Å². The summed E-state index contributed by atoms with van der Waals surface area (Å²) in [7, 11) is 0. The quantitative estimate of drug-likeness (QED) is 0.919. The fourth-order valence-corrected chi connectivity index (χ4v) is 3.42. The van der Waals surface area contributed by atoms with Crippen molar-refractivity contribution in [3.63, 3.8) is 0 Å². The Kier molecular flexibility index (Phi) is 4.27. The number of benzene rings is 1. The van der Waals surface area contributed by atoms with E-state index in [4.69, 9.17) is 4.74 Å². The maximum absolute atomic E-state index is 12.0. The number of nitrogens with one attached hydrogen (secondary N) is 1. The minimum Gasteiger partial charge on any atom is -0.368 e. The summed E-state index contributed by atoms with van der Waals surface area (Å²) in [5, 5.41) is 3.12. The number of ether oxygens (including phenoxy) is 1. The maximum atomic E-state index is 12.0. The van der Waals surface area contributed by atoms with Crippen molar-refractivity contribution in [2.24, 2.45) is 0 Å². The Bertz CT molecular complexity index is 489. The van der Waals surface area contributed by atoms with E-state index >= 15 is 0 Å². The lowest BCUT2D eigenvalue weighted by molar-refractivity contribution is -0.130. The molecule has 2 saturated heterocycles. The van der Waals surface area contributed by atoms with Gasteiger partial charge in [0.15, 0.2) is 0 Å². The highest BCUT2D eigenvalue weighted by molar-refractivity contribution is 9.10. The summed E-state index contributed by atoms with van der Waals surface area (Å²) in [5.41, 5.74) is 1.20. The summed E-state index contributed by atoms with van der Waals surface area (Å²) in [4.78, 5) is 14.4. The molecule has 108 valence electrons. The van der Waals surface area contributed by atoms with Crippen LogP contribution in [0.4, 0.5) is 5.69 Å². The fraction of sp³-hybridized carbons (Fsp3) is 0.533. The third kappa shape index (κ3) is 2.99. The SMILES string of the molecule is O=C(N[C@@H]1CCN(c2ccccc2Br)C1)[C@H]1CCCO1. The van der Waals surface area contributed by atoms with E-state index in [0.29, 0.717) is 6.61 Å². The van der Waals surface area contributed by atoms with E-state index in [-0.39, 0.29) is 18.1 Å². The number of nitrogens with zero attached hydrogens (tertiary/aromatic N) is 1. The van der Waals surface area contributed by atoms with Crippen molar-refractivity contribution in [3.8, 4) is 0 Å². The zero-order valence-corrected chi connectivity index (χ0v) is 12.9. The van der Waals surface area contributed by atoms with Crippen molar-refractivity contribution >= 4 is 27.5 Å². The summed E-state index contributed by atoms with van der Waals surface area (Å²) in [5.74, 6) is 0.0569. The van der Waals surface area contributed by atoms with Crippen LogP contribution in [0.5, 0.6) is 0 Å². The molecule has 3 rings (SSSR count). The highest BCUT2D eigenvalue weighted by atomic mass is 79.9. The first kappa shape index (κ1) is 13.9. The van der Waals surface area contributed by atoms with Gasteiger partial charge in [0.2, 0.25) is 5.91 Å². The molecule has 20 heavy (non-hydrogen) atoms. The molecule has 0 bridgehead atoms. The zero-order chi connectivity index (χ0) is 13.9. The number of para-hydroxylation sites is 1. The van der Waals surface area contributed by atoms with E-state index in [0.717, 1.165) is 36.8 Å². The van der Waals surface area contributed by atoms with Gasteiger partial charge in [-0.25, -0.2) is 0 Å². The van der Waals surface area contributed by atoms with Crippen LogP contribution in [0.1, 0.15) is 19.3 Å². The molecule has 2 aliphatic rings. The Morgan fingerprint density at radius 3 is 2.95 bits per heavy atom. The van der Waals surface area contributed by atoms with Crippen LogP contribution in [0.15, 0.2) is 28.7 Å². The zero-order valence-electron chi connectivity index (χ0n) is 11.3. The number of hydrogen-bond donors (Lipinski definition) is 1. The summed E-state index contributed by atoms with van der Waals surface area (Å²) < 4.78 is 6.53. The average molecular weight is 339 g/mol. The number of anilines is 1. The third-order valence-electron chi connectivity index (χ3n) is 3.95. The van der Waals surface area contributed by atoms with Crippen LogP contribution < -0.4 is 10.2 Å². The topological polar surface area (TPSA) is 41.6 Å². The number of halogens is 1. The second kappa shape index (κ2) is 6.14. The Hall–Kier alpha value is -1.07. The molecule has 5 heteroatoms. The van der Waals surface area contributed by atoms with E-state index in [2.05, 4.69) is 32.2 Å². The molecule has 1 amide bonds. The van der Waals surface area contributed by atoms with Crippen molar-refractivity contribution in [1.29, 1.82) is 0 Å². The Morgan fingerprint density at radius 1 is 1.35 bits per heavy atom. The van der Waals surface area contributed by atoms with E-state index in [1.54, 1.807) is 0 Å². The molecule has 1 N–H and O–H groups in total. The summed E-state index contributed by atoms with van der Waals surface area (Å²) >= 11 is 3.58. The average Bonchev–Trinajstić information content (AvgIpc) is 3.10. The smallest absolute Gasteiger partial charge is 0.249 e. The minimum absolute atomic E-state index is 0.0569. The lowest BCUT2D eigenvalue weighted by Gasteiger charge is -2.21. The molecule has 1 aromatic carbocycles. The van der Waals surface area contributed by atoms with Crippen LogP contribution in [0.25, 0.3) is 0 Å². The molecule has 2 fully saturated rings. The second-order valence-electron chi connectivity index (χ2n) is 5.39. The monoisotopic (exact) mass is 338 g/mol. The number of rotatable bonds is 3. The minimum atomic E-state index is -0.229. The predicted molar refractivity (Wildman–Crippen MR) is 81.9 cm³/mol. The van der Waals surface area contributed by atoms with E-state index < -0.39 is 0 Å². The Labute approximate surface area is 127 Å². The largest absolute Gasteiger partial charge is 0.368 e. The van der Waals surface area contributed by atoms with Gasteiger partial charge in [0.25, 0.3) is 0 Å². The molecule has 0 unspecified atom stereocenters. The number of carbonyl (C=O) groups is 1. The van der Waals surface area contributed by atoms with Crippen LogP contribution in [0.3, 0.4) is 0 Å². The first-order valence-electron chi connectivity index (χ1n) is 7.15. The van der Waals surface area contributed by atoms with Crippen molar-refractivity contribution < 1.29 is 9.53 Å². The summed E-state index contributed by atoms with van der Waals surface area (Å²) in [6, 6.07) is 8.43. The van der Waals surface area contributed by atoms with Gasteiger partial charge in [-0.05, 0) is 47.3 Å². The van der Waals surface area contributed by atoms with Crippen molar-refractivity contribution in [2.45, 2.75) is 31.4 Å². The molecular weight excluding hydrogens is 320 g/mol. The fourth-order valence-electron chi connectivity index (χ4n) is 2.88. The standard InChI is InChI=1S/C15H19BrN2O2/c16-12-4-1-2-5-13(12)18-8-7-11(10-18)17-15(19)14-6-3-9-20-14/h1-2,4-5,11,14H,3,6-10H2,(H,17,19)/t11-,14-/m1/s1. The van der Waals surface area contributed by atoms with Crippen LogP contribution in [-0.4, -0.2) is 37.7 Å². The Morgan fingerprint density at radius 2 is 2.20 bits per heavy atom. The number of amides is 1. The van der Waals surface area contributed by atoms with Crippen molar-refractivity contribution in [3.05, 3.63) is 28.7 Å². The van der Waals surface area contributed by atoms with Gasteiger partial charge in [0.1, 0.15) is 6.10 Å². The lowest BCUT2D eigenvalue weighted by atomic mass is 10.2. The van der Waals surface area contributed by atoms with E-state index in [1.165, 1.54) is 5.69 Å². The maximum Gasteiger partial charge on any atom is 0.249 e. The molecule has 2 aliphatic heterocycles. The number of hydrogen-bond acceptors (Lipinski definition) is 3. The van der Waals surface area contributed by atoms with Crippen LogP contribution >= 0.6 is 15.9 Å². The van der Waals surface area contributed by atoms with Gasteiger partial charge in [0.05, 0.1) is 5.69 Å². The van der Waals surface area contributed by atoms with Crippen molar-refractivity contribution in [2.75, 3.05) is 24.6 Å². The second-order valence-corrected chi connectivity index (χ2v) is 6.25. The first-order chi connectivity index (χ1) is 9.74. The van der Waals surface area contributed by atoms with Crippen LogP contribution in [0, 0.1) is 0 Å². The number of carbonyl (C=O) groups excluding carboxylic acids is 1. The first-order valence-corrected chi connectivity index (χ1v) is 7.95. The molecule has 2 atom stereocenters. The highest BCUT2D eigenvalue weighted by Gasteiger charge is 2.29. The molecule has 0 spiro atoms. The van der Waals surface area contributed by atoms with Gasteiger partial charge in [-0.3, -0.25) is 4.79 Å². The van der Waals surface area contributed by atoms with E-state index in [9.17, 15) is 4.79 Å². The van der Waals surface area contributed by atoms with Crippen LogP contribution in [-0.2, 0) is 9.53 Å². The molecule has 2 heterocycles. The van der Waals surface area contributed by atoms with Gasteiger partial charge in [-0.15, -0.1) is 0 Å². The van der Waals surface area contributed by atoms with Gasteiger partial charge in [-0.2, -0.15) is 0 Å². The van der Waals surface area contributed by atoms with Crippen LogP contribution in [0.2, 0.25) is 0 Å². The molecule has 0 aliphatic carbocycles. The molecule has 4 nitrogen and oxygen atoms in total. The molecule has 0 aromatic heterocycles. The summed E-state index contributed by atoms with van der Waals surface area (Å²) in [6.07, 6.45) is 2.60. The molecule has 0 saturated carbocycles. The summed E-state index contributed by atoms with van der Waals surface area (Å²) in [6.45, 7) is 2.55. The van der Waals surface area contributed by atoms with Gasteiger partial charge < -0.3 is 15.0 Å². The predicted octanol–water partition coefficient (Wildman–Crippen LogP) is 2.32. The molecule has 0 radical (unpaired) electrons. The molecular formula is C15H19BrN2O2. The normalized spacial score (nSPS) is 25.9. The molecule has 1 aromatic rings. The third-order valence-corrected chi connectivity index (χ3v) is 4.62. The van der Waals surface area contributed by atoms with Crippen molar-refractivity contribution in [1.82, 2.24) is 5.32 Å². The lowest BCUT2D eigenvalue weighted by Crippen LogP contribution is -2.42. The Balaban J connectivity index is 1.57.